The van der Waals surface area contributed by atoms with E-state index >= 15 is 0 Å². The molecule has 4 atom stereocenters. The fourth-order valence-electron chi connectivity index (χ4n) is 7.06. The van der Waals surface area contributed by atoms with Crippen LogP contribution in [0.5, 0.6) is 0 Å². The number of ether oxygens (including phenoxy) is 2. The summed E-state index contributed by atoms with van der Waals surface area (Å²) in [5.74, 6) is 0.113. The van der Waals surface area contributed by atoms with Crippen LogP contribution < -0.4 is 5.32 Å². The van der Waals surface area contributed by atoms with Gasteiger partial charge in [0, 0.05) is 31.5 Å². The van der Waals surface area contributed by atoms with Gasteiger partial charge < -0.3 is 24.8 Å². The lowest BCUT2D eigenvalue weighted by molar-refractivity contribution is -0.276. The molecule has 274 valence electrons. The second kappa shape index (κ2) is 22.0. The van der Waals surface area contributed by atoms with Crippen LogP contribution in [0, 0.1) is 5.92 Å². The van der Waals surface area contributed by atoms with E-state index in [1.54, 1.807) is 6.92 Å². The van der Waals surface area contributed by atoms with Crippen LogP contribution in [0.15, 0.2) is 72.8 Å². The highest BCUT2D eigenvalue weighted by Gasteiger charge is 2.39. The number of aliphatic hydroxyl groups is 1. The Labute approximate surface area is 303 Å². The second-order valence-corrected chi connectivity index (χ2v) is 14.4. The number of nitrogens with one attached hydrogen (secondary N) is 1. The maximum absolute atomic E-state index is 11.5. The van der Waals surface area contributed by atoms with Crippen molar-refractivity contribution in [2.24, 2.45) is 5.92 Å². The van der Waals surface area contributed by atoms with Gasteiger partial charge in [-0.3, -0.25) is 4.79 Å². The van der Waals surface area contributed by atoms with E-state index in [4.69, 9.17) is 9.47 Å². The third kappa shape index (κ3) is 12.9. The number of nitrogens with zero attached hydrogens (tertiary/aromatic N) is 1. The van der Waals surface area contributed by atoms with Crippen LogP contribution in [0.2, 0.25) is 0 Å². The third-order valence-electron chi connectivity index (χ3n) is 10.2. The van der Waals surface area contributed by atoms with Gasteiger partial charge in [0.15, 0.2) is 6.29 Å². The van der Waals surface area contributed by atoms with E-state index in [2.05, 4.69) is 79.5 Å². The van der Waals surface area contributed by atoms with Crippen molar-refractivity contribution >= 4 is 5.91 Å². The molecule has 4 rings (SSSR count). The van der Waals surface area contributed by atoms with E-state index < -0.39 is 6.29 Å². The lowest BCUT2D eigenvalue weighted by atomic mass is 9.89. The Morgan fingerprint density at radius 3 is 1.94 bits per heavy atom. The number of hydrogen-bond donors (Lipinski definition) is 2. The van der Waals surface area contributed by atoms with Gasteiger partial charge in [0.25, 0.3) is 0 Å². The van der Waals surface area contributed by atoms with Crippen molar-refractivity contribution in [1.82, 2.24) is 10.2 Å². The predicted molar refractivity (Wildman–Crippen MR) is 206 cm³/mol. The smallest absolute Gasteiger partial charge is 0.217 e. The molecule has 1 aliphatic rings. The van der Waals surface area contributed by atoms with Gasteiger partial charge >= 0.3 is 0 Å². The maximum Gasteiger partial charge on any atom is 0.217 e. The SMILES string of the molecule is CCCCCCCCN(CCCCCCCC)C[C@@H]1O[C@H](c2cccc(-c3cccc(CNC(C)=O)c3)c2)O[C@H](c2ccc(CO)cc2)[C@@H]1C. The van der Waals surface area contributed by atoms with Gasteiger partial charge in [-0.2, -0.15) is 0 Å². The highest BCUT2D eigenvalue weighted by molar-refractivity contribution is 5.73. The highest BCUT2D eigenvalue weighted by atomic mass is 16.7. The summed E-state index contributed by atoms with van der Waals surface area (Å²) in [6.45, 7) is 12.0. The molecule has 0 saturated carbocycles. The summed E-state index contributed by atoms with van der Waals surface area (Å²) in [5, 5.41) is 12.6. The van der Waals surface area contributed by atoms with Crippen LogP contribution in [-0.2, 0) is 27.4 Å². The molecule has 0 bridgehead atoms. The van der Waals surface area contributed by atoms with Crippen molar-refractivity contribution in [3.8, 4) is 11.1 Å². The van der Waals surface area contributed by atoms with Crippen LogP contribution in [-0.4, -0.2) is 41.7 Å². The molecule has 1 saturated heterocycles. The Bertz CT molecular complexity index is 1380. The number of unbranched alkanes of at least 4 members (excludes halogenated alkanes) is 10. The van der Waals surface area contributed by atoms with Crippen molar-refractivity contribution in [3.05, 3.63) is 95.1 Å². The van der Waals surface area contributed by atoms with Crippen molar-refractivity contribution < 1.29 is 19.4 Å². The average molecular weight is 685 g/mol. The lowest BCUT2D eigenvalue weighted by Crippen LogP contribution is -2.45. The van der Waals surface area contributed by atoms with Crippen LogP contribution in [0.3, 0.4) is 0 Å². The molecule has 3 aromatic carbocycles. The fourth-order valence-corrected chi connectivity index (χ4v) is 7.06. The summed E-state index contributed by atoms with van der Waals surface area (Å²) < 4.78 is 13.8. The standard InChI is InChI=1S/C44H64N2O4/c1-5-7-9-11-13-15-27-46(28-16-14-12-10-8-6-2)32-42-34(3)43(38-25-23-36(33-47)24-26-38)50-44(49-42)41-22-18-21-40(30-41)39-20-17-19-37(29-39)31-45-35(4)48/h17-26,29-30,34,42-44,47H,5-16,27-28,31-33H2,1-4H3,(H,45,48)/t34-,42+,43+,44+/m1/s1. The topological polar surface area (TPSA) is 71.0 Å². The van der Waals surface area contributed by atoms with E-state index in [1.165, 1.54) is 77.0 Å². The van der Waals surface area contributed by atoms with Gasteiger partial charge in [-0.05, 0) is 65.9 Å². The van der Waals surface area contributed by atoms with Gasteiger partial charge in [0.05, 0.1) is 18.8 Å². The number of amides is 1. The quantitative estimate of drug-likeness (QED) is 0.103. The molecule has 1 amide bonds. The van der Waals surface area contributed by atoms with E-state index in [0.29, 0.717) is 6.54 Å². The van der Waals surface area contributed by atoms with Crippen LogP contribution in [0.1, 0.15) is 139 Å². The number of benzene rings is 3. The second-order valence-electron chi connectivity index (χ2n) is 14.4. The Hall–Kier alpha value is -3.03. The fraction of sp³-hybridized carbons (Fsp3) is 0.568. The van der Waals surface area contributed by atoms with E-state index in [1.807, 2.05) is 24.3 Å². The molecule has 0 spiro atoms. The van der Waals surface area contributed by atoms with Crippen molar-refractivity contribution in [3.63, 3.8) is 0 Å². The molecule has 0 aromatic heterocycles. The molecule has 1 aliphatic heterocycles. The first kappa shape index (κ1) is 39.8. The number of carbonyl (C=O) groups is 1. The zero-order valence-electron chi connectivity index (χ0n) is 31.4. The Balaban J connectivity index is 1.55. The first-order valence-corrected chi connectivity index (χ1v) is 19.6. The number of hydrogen-bond acceptors (Lipinski definition) is 5. The largest absolute Gasteiger partial charge is 0.392 e. The Morgan fingerprint density at radius 2 is 1.32 bits per heavy atom. The molecule has 0 aliphatic carbocycles. The first-order chi connectivity index (χ1) is 24.4. The minimum Gasteiger partial charge on any atom is -0.392 e. The molecule has 1 heterocycles. The molecule has 0 unspecified atom stereocenters. The van der Waals surface area contributed by atoms with Gasteiger partial charge in [0.2, 0.25) is 5.91 Å². The summed E-state index contributed by atoms with van der Waals surface area (Å²) >= 11 is 0. The van der Waals surface area contributed by atoms with Crippen LogP contribution in [0.4, 0.5) is 0 Å². The summed E-state index contributed by atoms with van der Waals surface area (Å²) in [7, 11) is 0. The monoisotopic (exact) mass is 684 g/mol. The number of rotatable bonds is 22. The van der Waals surface area contributed by atoms with Gasteiger partial charge in [-0.25, -0.2) is 0 Å². The molecule has 50 heavy (non-hydrogen) atoms. The normalized spacial score (nSPS) is 19.2. The molecule has 3 aromatic rings. The van der Waals surface area contributed by atoms with Crippen molar-refractivity contribution in [2.45, 2.75) is 136 Å². The summed E-state index contributed by atoms with van der Waals surface area (Å²) in [5.41, 5.74) is 6.26. The molecular formula is C44H64N2O4. The highest BCUT2D eigenvalue weighted by Crippen LogP contribution is 2.42. The third-order valence-corrected chi connectivity index (χ3v) is 10.2. The molecule has 2 N–H and O–H groups in total. The van der Waals surface area contributed by atoms with Crippen molar-refractivity contribution in [1.29, 1.82) is 0 Å². The minimum atomic E-state index is -0.508. The van der Waals surface area contributed by atoms with Gasteiger partial charge in [-0.15, -0.1) is 0 Å². The van der Waals surface area contributed by atoms with E-state index in [-0.39, 0.29) is 30.6 Å². The molecule has 6 nitrogen and oxygen atoms in total. The number of aliphatic hydroxyl groups excluding tert-OH is 1. The lowest BCUT2D eigenvalue weighted by Gasteiger charge is -2.43. The van der Waals surface area contributed by atoms with Gasteiger partial charge in [-0.1, -0.05) is 146 Å². The zero-order chi connectivity index (χ0) is 35.6. The Kier molecular flexibility index (Phi) is 17.5. The minimum absolute atomic E-state index is 0.00101. The zero-order valence-corrected chi connectivity index (χ0v) is 31.4. The molecule has 6 heteroatoms. The van der Waals surface area contributed by atoms with Gasteiger partial charge in [0.1, 0.15) is 0 Å². The van der Waals surface area contributed by atoms with Crippen LogP contribution >= 0.6 is 0 Å². The maximum atomic E-state index is 11.5. The first-order valence-electron chi connectivity index (χ1n) is 19.6. The summed E-state index contributed by atoms with van der Waals surface area (Å²) in [4.78, 5) is 14.2. The van der Waals surface area contributed by atoms with Crippen molar-refractivity contribution in [2.75, 3.05) is 19.6 Å². The molecule has 1 fully saturated rings. The summed E-state index contributed by atoms with van der Waals surface area (Å²) in [6.07, 6.45) is 14.9. The van der Waals surface area contributed by atoms with Crippen LogP contribution in [0.25, 0.3) is 11.1 Å². The van der Waals surface area contributed by atoms with E-state index in [9.17, 15) is 9.90 Å². The average Bonchev–Trinajstić information content (AvgIpc) is 3.14. The van der Waals surface area contributed by atoms with E-state index in [0.717, 1.165) is 53.0 Å². The molecule has 0 radical (unpaired) electrons. The summed E-state index contributed by atoms with van der Waals surface area (Å²) in [6, 6.07) is 25.0. The Morgan fingerprint density at radius 1 is 0.720 bits per heavy atom. The molecular weight excluding hydrogens is 620 g/mol. The predicted octanol–water partition coefficient (Wildman–Crippen LogP) is 10.3. The number of carbonyl (C=O) groups excluding carboxylic acids is 1.